The fourth-order valence-corrected chi connectivity index (χ4v) is 5.40. The van der Waals surface area contributed by atoms with Crippen molar-refractivity contribution in [2.24, 2.45) is 5.92 Å². The number of ether oxygens (including phenoxy) is 2. The summed E-state index contributed by atoms with van der Waals surface area (Å²) in [7, 11) is -3.74. The molecule has 2 bridgehead atoms. The summed E-state index contributed by atoms with van der Waals surface area (Å²) in [5.41, 5.74) is 0. The van der Waals surface area contributed by atoms with Crippen molar-refractivity contribution < 1.29 is 22.3 Å². The lowest BCUT2D eigenvalue weighted by Crippen LogP contribution is -2.47. The molecule has 3 saturated heterocycles. The molecule has 4 rings (SSSR count). The summed E-state index contributed by atoms with van der Waals surface area (Å²) in [4.78, 5) is -0.0579. The van der Waals surface area contributed by atoms with Crippen LogP contribution in [0.3, 0.4) is 0 Å². The predicted octanol–water partition coefficient (Wildman–Crippen LogP) is 2.22. The zero-order chi connectivity index (χ0) is 18.1. The van der Waals surface area contributed by atoms with Crippen LogP contribution in [0, 0.1) is 11.7 Å². The average Bonchev–Trinajstić information content (AvgIpc) is 3.23. The van der Waals surface area contributed by atoms with Gasteiger partial charge in [-0.1, -0.05) is 0 Å². The SMILES string of the molecule is Cl.O=S(=O)(NC1CC2CCC(C1)N2)c1ccc(OCC2CCOC2)c(F)c1. The Kier molecular flexibility index (Phi) is 6.63. The number of piperidine rings is 1. The van der Waals surface area contributed by atoms with E-state index in [9.17, 15) is 12.8 Å². The first-order chi connectivity index (χ1) is 12.5. The van der Waals surface area contributed by atoms with Crippen molar-refractivity contribution in [2.75, 3.05) is 19.8 Å². The van der Waals surface area contributed by atoms with Crippen LogP contribution in [0.2, 0.25) is 0 Å². The highest BCUT2D eigenvalue weighted by Crippen LogP contribution is 2.28. The van der Waals surface area contributed by atoms with Crippen LogP contribution in [0.5, 0.6) is 5.75 Å². The minimum Gasteiger partial charge on any atom is -0.490 e. The van der Waals surface area contributed by atoms with Gasteiger partial charge in [0.25, 0.3) is 0 Å². The number of rotatable bonds is 6. The first-order valence-corrected chi connectivity index (χ1v) is 10.8. The molecule has 3 aliphatic heterocycles. The van der Waals surface area contributed by atoms with Gasteiger partial charge in [0.1, 0.15) is 0 Å². The second-order valence-electron chi connectivity index (χ2n) is 7.56. The maximum Gasteiger partial charge on any atom is 0.240 e. The molecule has 0 spiro atoms. The summed E-state index contributed by atoms with van der Waals surface area (Å²) in [6.45, 7) is 1.70. The number of benzene rings is 1. The monoisotopic (exact) mass is 420 g/mol. The molecule has 0 radical (unpaired) electrons. The van der Waals surface area contributed by atoms with Gasteiger partial charge in [-0.05, 0) is 50.3 Å². The lowest BCUT2D eigenvalue weighted by Gasteiger charge is -2.29. The number of halogens is 2. The van der Waals surface area contributed by atoms with Crippen LogP contribution in [-0.2, 0) is 14.8 Å². The van der Waals surface area contributed by atoms with E-state index in [2.05, 4.69) is 10.0 Å². The first kappa shape index (κ1) is 20.8. The molecule has 3 atom stereocenters. The molecule has 3 aliphatic rings. The molecule has 3 heterocycles. The van der Waals surface area contributed by atoms with E-state index in [4.69, 9.17) is 9.47 Å². The van der Waals surface area contributed by atoms with Crippen molar-refractivity contribution >= 4 is 22.4 Å². The van der Waals surface area contributed by atoms with Gasteiger partial charge >= 0.3 is 0 Å². The first-order valence-electron chi connectivity index (χ1n) is 9.28. The molecule has 9 heteroatoms. The van der Waals surface area contributed by atoms with Gasteiger partial charge in [0.15, 0.2) is 11.6 Å². The molecular weight excluding hydrogens is 395 g/mol. The summed E-state index contributed by atoms with van der Waals surface area (Å²) in [5, 5.41) is 3.48. The third-order valence-corrected chi connectivity index (χ3v) is 7.03. The van der Waals surface area contributed by atoms with Gasteiger partial charge in [-0.15, -0.1) is 12.4 Å². The standard InChI is InChI=1S/C18H25FN2O4S.ClH/c19-17-9-16(3-4-18(17)25-11-12-5-6-24-10-12)26(22,23)21-15-7-13-1-2-14(8-15)20-13;/h3-4,9,12-15,20-21H,1-2,5-8,10-11H2;1H. The van der Waals surface area contributed by atoms with Gasteiger partial charge in [0.2, 0.25) is 10.0 Å². The van der Waals surface area contributed by atoms with E-state index in [0.29, 0.717) is 31.9 Å². The maximum atomic E-state index is 14.3. The number of nitrogens with one attached hydrogen (secondary N) is 2. The smallest absolute Gasteiger partial charge is 0.240 e. The van der Waals surface area contributed by atoms with Crippen LogP contribution in [0.15, 0.2) is 23.1 Å². The van der Waals surface area contributed by atoms with Gasteiger partial charge in [-0.3, -0.25) is 0 Å². The van der Waals surface area contributed by atoms with E-state index in [-0.39, 0.29) is 35.0 Å². The highest BCUT2D eigenvalue weighted by molar-refractivity contribution is 7.89. The molecule has 0 aliphatic carbocycles. The molecular formula is C18H26ClFN2O4S. The Morgan fingerprint density at radius 2 is 1.96 bits per heavy atom. The third-order valence-electron chi connectivity index (χ3n) is 5.51. The van der Waals surface area contributed by atoms with E-state index in [0.717, 1.165) is 38.2 Å². The van der Waals surface area contributed by atoms with Gasteiger partial charge in [-0.2, -0.15) is 0 Å². The van der Waals surface area contributed by atoms with Crippen LogP contribution >= 0.6 is 12.4 Å². The Labute approximate surface area is 165 Å². The Balaban J connectivity index is 0.00000210. The summed E-state index contributed by atoms with van der Waals surface area (Å²) < 4.78 is 53.0. The molecule has 27 heavy (non-hydrogen) atoms. The van der Waals surface area contributed by atoms with Crippen LogP contribution in [0.1, 0.15) is 32.1 Å². The Morgan fingerprint density at radius 3 is 2.59 bits per heavy atom. The summed E-state index contributed by atoms with van der Waals surface area (Å²) in [5.74, 6) is -0.317. The molecule has 0 aromatic heterocycles. The molecule has 1 aromatic carbocycles. The quantitative estimate of drug-likeness (QED) is 0.738. The zero-order valence-corrected chi connectivity index (χ0v) is 16.7. The fourth-order valence-electron chi connectivity index (χ4n) is 4.13. The van der Waals surface area contributed by atoms with Crippen molar-refractivity contribution in [1.29, 1.82) is 0 Å². The van der Waals surface area contributed by atoms with E-state index in [1.165, 1.54) is 12.1 Å². The van der Waals surface area contributed by atoms with Gasteiger partial charge < -0.3 is 14.8 Å². The lowest BCUT2D eigenvalue weighted by molar-refractivity contribution is 0.165. The average molecular weight is 421 g/mol. The largest absolute Gasteiger partial charge is 0.490 e. The zero-order valence-electron chi connectivity index (χ0n) is 15.0. The normalized spacial score (nSPS) is 30.1. The summed E-state index contributed by atoms with van der Waals surface area (Å²) in [6, 6.07) is 4.51. The summed E-state index contributed by atoms with van der Waals surface area (Å²) in [6.07, 6.45) is 4.65. The number of fused-ring (bicyclic) bond motifs is 2. The van der Waals surface area contributed by atoms with Crippen LogP contribution in [0.4, 0.5) is 4.39 Å². The van der Waals surface area contributed by atoms with E-state index >= 15 is 0 Å². The molecule has 152 valence electrons. The van der Waals surface area contributed by atoms with Crippen molar-refractivity contribution in [3.8, 4) is 5.75 Å². The third kappa shape index (κ3) is 4.92. The Hall–Kier alpha value is -0.930. The minimum absolute atomic E-state index is 0. The van der Waals surface area contributed by atoms with Crippen LogP contribution in [0.25, 0.3) is 0 Å². The molecule has 0 saturated carbocycles. The molecule has 6 nitrogen and oxygen atoms in total. The molecule has 2 N–H and O–H groups in total. The van der Waals surface area contributed by atoms with E-state index < -0.39 is 15.8 Å². The van der Waals surface area contributed by atoms with Crippen molar-refractivity contribution in [2.45, 2.75) is 55.1 Å². The van der Waals surface area contributed by atoms with Gasteiger partial charge in [0.05, 0.1) is 18.1 Å². The number of sulfonamides is 1. The fraction of sp³-hybridized carbons (Fsp3) is 0.667. The highest BCUT2D eigenvalue weighted by atomic mass is 35.5. The highest BCUT2D eigenvalue weighted by Gasteiger charge is 2.35. The van der Waals surface area contributed by atoms with Crippen molar-refractivity contribution in [3.05, 3.63) is 24.0 Å². The summed E-state index contributed by atoms with van der Waals surface area (Å²) >= 11 is 0. The van der Waals surface area contributed by atoms with Gasteiger partial charge in [-0.25, -0.2) is 17.5 Å². The number of hydrogen-bond donors (Lipinski definition) is 2. The number of hydrogen-bond acceptors (Lipinski definition) is 5. The minimum atomic E-state index is -3.74. The maximum absolute atomic E-state index is 14.3. The second-order valence-corrected chi connectivity index (χ2v) is 9.27. The molecule has 3 unspecified atom stereocenters. The van der Waals surface area contributed by atoms with Crippen molar-refractivity contribution in [1.82, 2.24) is 10.0 Å². The second kappa shape index (κ2) is 8.61. The molecule has 3 fully saturated rings. The molecule has 1 aromatic rings. The van der Waals surface area contributed by atoms with Crippen LogP contribution in [-0.4, -0.2) is 46.4 Å². The van der Waals surface area contributed by atoms with E-state index in [1.807, 2.05) is 0 Å². The topological polar surface area (TPSA) is 76.7 Å². The van der Waals surface area contributed by atoms with Crippen LogP contribution < -0.4 is 14.8 Å². The van der Waals surface area contributed by atoms with Gasteiger partial charge in [0, 0.05) is 30.7 Å². The Bertz CT molecular complexity index is 746. The van der Waals surface area contributed by atoms with Crippen molar-refractivity contribution in [3.63, 3.8) is 0 Å². The Morgan fingerprint density at radius 1 is 1.22 bits per heavy atom. The van der Waals surface area contributed by atoms with E-state index in [1.54, 1.807) is 0 Å². The lowest BCUT2D eigenvalue weighted by atomic mass is 10.0. The molecule has 0 amide bonds. The predicted molar refractivity (Wildman–Crippen MR) is 101 cm³/mol.